The molecule has 1 amide bonds. The van der Waals surface area contributed by atoms with Gasteiger partial charge in [0.05, 0.1) is 10.9 Å². The Balaban J connectivity index is 1.59. The SMILES string of the molecule is O=C(NC(c1ccccc1)c1ccncc1)c1cccc(S(=O)(=O)Nc2ccc(F)cc2)c1. The van der Waals surface area contributed by atoms with E-state index in [0.717, 1.165) is 23.3 Å². The number of aromatic nitrogens is 1. The number of nitrogens with one attached hydrogen (secondary N) is 2. The molecular weight excluding hydrogens is 441 g/mol. The molecule has 1 heterocycles. The zero-order valence-electron chi connectivity index (χ0n) is 17.4. The van der Waals surface area contributed by atoms with Gasteiger partial charge in [-0.25, -0.2) is 12.8 Å². The molecular formula is C25H20FN3O3S. The lowest BCUT2D eigenvalue weighted by Crippen LogP contribution is -2.29. The second-order valence-corrected chi connectivity index (χ2v) is 8.92. The van der Waals surface area contributed by atoms with Crippen molar-refractivity contribution in [3.05, 3.63) is 126 Å². The molecule has 0 aliphatic carbocycles. The highest BCUT2D eigenvalue weighted by atomic mass is 32.2. The summed E-state index contributed by atoms with van der Waals surface area (Å²) in [5, 5.41) is 2.98. The number of carbonyl (C=O) groups is 1. The van der Waals surface area contributed by atoms with Gasteiger partial charge >= 0.3 is 0 Å². The summed E-state index contributed by atoms with van der Waals surface area (Å²) in [5.41, 5.74) is 2.12. The molecule has 4 rings (SSSR count). The Morgan fingerprint density at radius 2 is 1.48 bits per heavy atom. The third-order valence-electron chi connectivity index (χ3n) is 4.95. The van der Waals surface area contributed by atoms with Crippen LogP contribution in [0.15, 0.2) is 108 Å². The van der Waals surface area contributed by atoms with E-state index in [9.17, 15) is 17.6 Å². The summed E-state index contributed by atoms with van der Waals surface area (Å²) in [4.78, 5) is 17.0. The molecule has 0 spiro atoms. The van der Waals surface area contributed by atoms with Crippen molar-refractivity contribution in [2.45, 2.75) is 10.9 Å². The van der Waals surface area contributed by atoms with Gasteiger partial charge < -0.3 is 5.32 Å². The van der Waals surface area contributed by atoms with Crippen molar-refractivity contribution in [3.8, 4) is 0 Å². The molecule has 0 aliphatic heterocycles. The van der Waals surface area contributed by atoms with Crippen molar-refractivity contribution in [3.63, 3.8) is 0 Å². The smallest absolute Gasteiger partial charge is 0.261 e. The van der Waals surface area contributed by atoms with E-state index in [1.165, 1.54) is 30.3 Å². The standard InChI is InChI=1S/C25H20FN3O3S/c26-21-9-11-22(12-10-21)29-33(31,32)23-8-4-7-20(17-23)25(30)28-24(18-5-2-1-3-6-18)19-13-15-27-16-14-19/h1-17,24,29H,(H,28,30). The second-order valence-electron chi connectivity index (χ2n) is 7.24. The van der Waals surface area contributed by atoms with Crippen LogP contribution in [0.2, 0.25) is 0 Å². The zero-order valence-corrected chi connectivity index (χ0v) is 18.2. The van der Waals surface area contributed by atoms with Crippen molar-refractivity contribution >= 4 is 21.6 Å². The number of hydrogen-bond donors (Lipinski definition) is 2. The van der Waals surface area contributed by atoms with Gasteiger partial charge in [-0.1, -0.05) is 36.4 Å². The summed E-state index contributed by atoms with van der Waals surface area (Å²) >= 11 is 0. The fraction of sp³-hybridized carbons (Fsp3) is 0.0400. The molecule has 0 bridgehead atoms. The van der Waals surface area contributed by atoms with Gasteiger partial charge in [0.25, 0.3) is 15.9 Å². The third kappa shape index (κ3) is 5.42. The van der Waals surface area contributed by atoms with Crippen LogP contribution in [0.1, 0.15) is 27.5 Å². The summed E-state index contributed by atoms with van der Waals surface area (Å²) in [6.45, 7) is 0. The zero-order chi connectivity index (χ0) is 23.3. The van der Waals surface area contributed by atoms with Crippen LogP contribution in [-0.2, 0) is 10.0 Å². The number of hydrogen-bond acceptors (Lipinski definition) is 4. The molecule has 6 nitrogen and oxygen atoms in total. The minimum Gasteiger partial charge on any atom is -0.341 e. The van der Waals surface area contributed by atoms with Gasteiger partial charge in [-0.3, -0.25) is 14.5 Å². The summed E-state index contributed by atoms with van der Waals surface area (Å²) in [6.07, 6.45) is 3.29. The first-order valence-corrected chi connectivity index (χ1v) is 11.5. The predicted molar refractivity (Wildman–Crippen MR) is 124 cm³/mol. The van der Waals surface area contributed by atoms with Crippen molar-refractivity contribution in [1.82, 2.24) is 10.3 Å². The second kappa shape index (κ2) is 9.62. The molecule has 4 aromatic rings. The summed E-state index contributed by atoms with van der Waals surface area (Å²) in [5.74, 6) is -0.904. The molecule has 3 aromatic carbocycles. The monoisotopic (exact) mass is 461 g/mol. The van der Waals surface area contributed by atoms with Gasteiger partial charge in [-0.2, -0.15) is 0 Å². The number of sulfonamides is 1. The molecule has 1 unspecified atom stereocenters. The first-order chi connectivity index (χ1) is 15.9. The molecule has 166 valence electrons. The molecule has 8 heteroatoms. The molecule has 2 N–H and O–H groups in total. The number of carbonyl (C=O) groups excluding carboxylic acids is 1. The Morgan fingerprint density at radius 1 is 0.818 bits per heavy atom. The fourth-order valence-corrected chi connectivity index (χ4v) is 4.42. The Morgan fingerprint density at radius 3 is 2.18 bits per heavy atom. The van der Waals surface area contributed by atoms with Gasteiger partial charge in [-0.05, 0) is 65.7 Å². The summed E-state index contributed by atoms with van der Waals surface area (Å²) < 4.78 is 41.1. The van der Waals surface area contributed by atoms with Crippen LogP contribution in [0, 0.1) is 5.82 Å². The third-order valence-corrected chi connectivity index (χ3v) is 6.33. The number of nitrogens with zero attached hydrogens (tertiary/aromatic N) is 1. The van der Waals surface area contributed by atoms with E-state index >= 15 is 0 Å². The molecule has 0 saturated heterocycles. The van der Waals surface area contributed by atoms with Gasteiger partial charge in [0.15, 0.2) is 0 Å². The lowest BCUT2D eigenvalue weighted by Gasteiger charge is -2.20. The quantitative estimate of drug-likeness (QED) is 0.423. The van der Waals surface area contributed by atoms with Crippen molar-refractivity contribution in [2.24, 2.45) is 0 Å². The fourth-order valence-electron chi connectivity index (χ4n) is 3.31. The van der Waals surface area contributed by atoms with E-state index in [-0.39, 0.29) is 16.1 Å². The number of rotatable bonds is 7. The number of anilines is 1. The first kappa shape index (κ1) is 22.2. The molecule has 33 heavy (non-hydrogen) atoms. The van der Waals surface area contributed by atoms with E-state index in [2.05, 4.69) is 15.0 Å². The number of amides is 1. The van der Waals surface area contributed by atoms with Crippen LogP contribution in [0.25, 0.3) is 0 Å². The Kier molecular flexibility index (Phi) is 6.46. The minimum absolute atomic E-state index is 0.0837. The Bertz CT molecular complexity index is 1310. The molecule has 1 atom stereocenters. The van der Waals surface area contributed by atoms with Crippen molar-refractivity contribution in [2.75, 3.05) is 4.72 Å². The normalized spacial score (nSPS) is 12.0. The Hall–Kier alpha value is -4.04. The van der Waals surface area contributed by atoms with Crippen molar-refractivity contribution < 1.29 is 17.6 Å². The van der Waals surface area contributed by atoms with Gasteiger partial charge in [0.2, 0.25) is 0 Å². The first-order valence-electron chi connectivity index (χ1n) is 10.1. The molecule has 0 saturated carbocycles. The van der Waals surface area contributed by atoms with Gasteiger partial charge in [0, 0.05) is 23.6 Å². The number of halogens is 1. The molecule has 0 fully saturated rings. The topological polar surface area (TPSA) is 88.2 Å². The van der Waals surface area contributed by atoms with Crippen LogP contribution in [0.4, 0.5) is 10.1 Å². The predicted octanol–water partition coefficient (Wildman–Crippen LogP) is 4.54. The maximum atomic E-state index is 13.1. The van der Waals surface area contributed by atoms with E-state index in [1.54, 1.807) is 18.5 Å². The average molecular weight is 462 g/mol. The van der Waals surface area contributed by atoms with E-state index in [0.29, 0.717) is 0 Å². The highest BCUT2D eigenvalue weighted by Gasteiger charge is 2.20. The molecule has 0 aliphatic rings. The largest absolute Gasteiger partial charge is 0.341 e. The number of pyridine rings is 1. The van der Waals surface area contributed by atoms with E-state index < -0.39 is 27.8 Å². The van der Waals surface area contributed by atoms with Gasteiger partial charge in [-0.15, -0.1) is 0 Å². The highest BCUT2D eigenvalue weighted by Crippen LogP contribution is 2.23. The summed E-state index contributed by atoms with van der Waals surface area (Å²) in [7, 11) is -3.98. The maximum Gasteiger partial charge on any atom is 0.261 e. The van der Waals surface area contributed by atoms with E-state index in [4.69, 9.17) is 0 Å². The minimum atomic E-state index is -3.98. The molecule has 1 aromatic heterocycles. The van der Waals surface area contributed by atoms with E-state index in [1.807, 2.05) is 42.5 Å². The Labute approximate surface area is 191 Å². The van der Waals surface area contributed by atoms with Crippen LogP contribution in [-0.4, -0.2) is 19.3 Å². The lowest BCUT2D eigenvalue weighted by atomic mass is 9.99. The lowest BCUT2D eigenvalue weighted by molar-refractivity contribution is 0.0942. The van der Waals surface area contributed by atoms with Crippen LogP contribution in [0.3, 0.4) is 0 Å². The van der Waals surface area contributed by atoms with Crippen LogP contribution in [0.5, 0.6) is 0 Å². The highest BCUT2D eigenvalue weighted by molar-refractivity contribution is 7.92. The van der Waals surface area contributed by atoms with Gasteiger partial charge in [0.1, 0.15) is 5.82 Å². The maximum absolute atomic E-state index is 13.1. The van der Waals surface area contributed by atoms with Crippen LogP contribution < -0.4 is 10.0 Å². The van der Waals surface area contributed by atoms with Crippen molar-refractivity contribution in [1.29, 1.82) is 0 Å². The average Bonchev–Trinajstić information content (AvgIpc) is 2.85. The number of benzene rings is 3. The van der Waals surface area contributed by atoms with Crippen LogP contribution >= 0.6 is 0 Å². The summed E-state index contributed by atoms with van der Waals surface area (Å²) in [6, 6.07) is 23.3. The molecule has 0 radical (unpaired) electrons.